The number of hydrogen-bond donors (Lipinski definition) is 1. The molecule has 1 amide bonds. The van der Waals surface area contributed by atoms with Crippen LogP contribution in [0.5, 0.6) is 5.75 Å². The van der Waals surface area contributed by atoms with Crippen molar-refractivity contribution in [2.24, 2.45) is 0 Å². The maximum atomic E-state index is 12.4. The molecule has 0 spiro atoms. The van der Waals surface area contributed by atoms with Gasteiger partial charge in [-0.05, 0) is 53.1 Å². The third kappa shape index (κ3) is 3.63. The van der Waals surface area contributed by atoms with Gasteiger partial charge >= 0.3 is 6.61 Å². The van der Waals surface area contributed by atoms with Gasteiger partial charge in [-0.3, -0.25) is 4.79 Å². The minimum atomic E-state index is -2.96. The Hall–Kier alpha value is -2.25. The fourth-order valence-corrected chi connectivity index (χ4v) is 3.89. The standard InChI is InChI=1S/C17H13F2NO2S2/c1-10-5-7-23-14(10)11-3-2-4-12(9-11)20-16(21)15-13(6-8-24-15)22-17(18)19/h2-9,17H,1H3,(H,20,21). The highest BCUT2D eigenvalue weighted by Gasteiger charge is 2.18. The fraction of sp³-hybridized carbons (Fsp3) is 0.118. The summed E-state index contributed by atoms with van der Waals surface area (Å²) in [5.74, 6) is -0.585. The van der Waals surface area contributed by atoms with E-state index in [1.165, 1.54) is 11.4 Å². The number of carbonyl (C=O) groups is 1. The van der Waals surface area contributed by atoms with Gasteiger partial charge in [0.2, 0.25) is 0 Å². The topological polar surface area (TPSA) is 38.3 Å². The lowest BCUT2D eigenvalue weighted by Gasteiger charge is -2.08. The summed E-state index contributed by atoms with van der Waals surface area (Å²) < 4.78 is 29.1. The molecule has 0 saturated heterocycles. The Balaban J connectivity index is 1.81. The van der Waals surface area contributed by atoms with E-state index in [2.05, 4.69) is 10.1 Å². The Bertz CT molecular complexity index is 858. The average molecular weight is 365 g/mol. The molecule has 0 radical (unpaired) electrons. The first-order chi connectivity index (χ1) is 11.5. The first kappa shape index (κ1) is 16.6. The van der Waals surface area contributed by atoms with Gasteiger partial charge < -0.3 is 10.1 Å². The molecule has 24 heavy (non-hydrogen) atoms. The number of aryl methyl sites for hydroxylation is 1. The summed E-state index contributed by atoms with van der Waals surface area (Å²) in [7, 11) is 0. The molecular weight excluding hydrogens is 352 g/mol. The zero-order valence-corrected chi connectivity index (χ0v) is 14.2. The van der Waals surface area contributed by atoms with E-state index in [-0.39, 0.29) is 10.6 Å². The highest BCUT2D eigenvalue weighted by atomic mass is 32.1. The summed E-state index contributed by atoms with van der Waals surface area (Å²) in [4.78, 5) is 13.6. The van der Waals surface area contributed by atoms with Crippen molar-refractivity contribution in [3.05, 3.63) is 57.6 Å². The van der Waals surface area contributed by atoms with Crippen LogP contribution < -0.4 is 10.1 Å². The first-order valence-electron chi connectivity index (χ1n) is 7.03. The summed E-state index contributed by atoms with van der Waals surface area (Å²) in [5, 5.41) is 6.28. The van der Waals surface area contributed by atoms with Gasteiger partial charge in [0.25, 0.3) is 5.91 Å². The van der Waals surface area contributed by atoms with E-state index in [0.717, 1.165) is 27.3 Å². The highest BCUT2D eigenvalue weighted by Crippen LogP contribution is 2.31. The van der Waals surface area contributed by atoms with E-state index < -0.39 is 12.5 Å². The van der Waals surface area contributed by atoms with Crippen LogP contribution in [-0.2, 0) is 0 Å². The minimum absolute atomic E-state index is 0.113. The highest BCUT2D eigenvalue weighted by molar-refractivity contribution is 7.13. The van der Waals surface area contributed by atoms with Crippen LogP contribution in [0, 0.1) is 6.92 Å². The second-order valence-electron chi connectivity index (χ2n) is 4.96. The van der Waals surface area contributed by atoms with Crippen molar-refractivity contribution >= 4 is 34.3 Å². The van der Waals surface area contributed by atoms with Crippen LogP contribution in [-0.4, -0.2) is 12.5 Å². The molecule has 0 saturated carbocycles. The van der Waals surface area contributed by atoms with Crippen LogP contribution >= 0.6 is 22.7 Å². The molecule has 3 rings (SSSR count). The first-order valence-corrected chi connectivity index (χ1v) is 8.78. The summed E-state index contributed by atoms with van der Waals surface area (Å²) >= 11 is 2.68. The Morgan fingerprint density at radius 1 is 1.17 bits per heavy atom. The molecule has 124 valence electrons. The molecule has 2 heterocycles. The number of nitrogens with one attached hydrogen (secondary N) is 1. The lowest BCUT2D eigenvalue weighted by Crippen LogP contribution is -2.13. The Labute approximate surface area is 145 Å². The number of rotatable bonds is 5. The van der Waals surface area contributed by atoms with Crippen molar-refractivity contribution in [3.8, 4) is 16.2 Å². The van der Waals surface area contributed by atoms with E-state index in [0.29, 0.717) is 5.69 Å². The number of alkyl halides is 2. The fourth-order valence-electron chi connectivity index (χ4n) is 2.25. The lowest BCUT2D eigenvalue weighted by molar-refractivity contribution is -0.0498. The maximum Gasteiger partial charge on any atom is 0.387 e. The number of benzene rings is 1. The van der Waals surface area contributed by atoms with Crippen molar-refractivity contribution in [1.82, 2.24) is 0 Å². The van der Waals surface area contributed by atoms with Crippen LogP contribution in [0.2, 0.25) is 0 Å². The second-order valence-corrected chi connectivity index (χ2v) is 6.79. The monoisotopic (exact) mass is 365 g/mol. The molecule has 7 heteroatoms. The number of anilines is 1. The molecule has 0 atom stereocenters. The number of carbonyl (C=O) groups excluding carboxylic acids is 1. The van der Waals surface area contributed by atoms with Crippen molar-refractivity contribution < 1.29 is 18.3 Å². The SMILES string of the molecule is Cc1ccsc1-c1cccc(NC(=O)c2sccc2OC(F)F)c1. The Morgan fingerprint density at radius 2 is 1.96 bits per heavy atom. The van der Waals surface area contributed by atoms with Gasteiger partial charge in [-0.15, -0.1) is 22.7 Å². The molecule has 0 bridgehead atoms. The normalized spacial score (nSPS) is 10.8. The van der Waals surface area contributed by atoms with Gasteiger partial charge in [0, 0.05) is 10.6 Å². The van der Waals surface area contributed by atoms with E-state index in [1.54, 1.807) is 17.4 Å². The van der Waals surface area contributed by atoms with E-state index in [4.69, 9.17) is 0 Å². The summed E-state index contributed by atoms with van der Waals surface area (Å²) in [5.41, 5.74) is 2.76. The molecule has 0 aliphatic heterocycles. The smallest absolute Gasteiger partial charge is 0.387 e. The van der Waals surface area contributed by atoms with Crippen molar-refractivity contribution in [1.29, 1.82) is 0 Å². The number of hydrogen-bond acceptors (Lipinski definition) is 4. The van der Waals surface area contributed by atoms with Gasteiger partial charge in [0.05, 0.1) is 0 Å². The lowest BCUT2D eigenvalue weighted by atomic mass is 10.1. The second kappa shape index (κ2) is 7.11. The molecule has 0 aliphatic carbocycles. The summed E-state index contributed by atoms with van der Waals surface area (Å²) in [6.07, 6.45) is 0. The van der Waals surface area contributed by atoms with Gasteiger partial charge in [0.1, 0.15) is 10.6 Å². The zero-order chi connectivity index (χ0) is 17.1. The van der Waals surface area contributed by atoms with Crippen molar-refractivity contribution in [2.75, 3.05) is 5.32 Å². The molecule has 0 fully saturated rings. The zero-order valence-electron chi connectivity index (χ0n) is 12.6. The molecule has 2 aromatic heterocycles. The van der Waals surface area contributed by atoms with Gasteiger partial charge in [0.15, 0.2) is 0 Å². The number of thiophene rings is 2. The van der Waals surface area contributed by atoms with E-state index in [9.17, 15) is 13.6 Å². The van der Waals surface area contributed by atoms with Crippen molar-refractivity contribution in [2.45, 2.75) is 13.5 Å². The van der Waals surface area contributed by atoms with Crippen molar-refractivity contribution in [3.63, 3.8) is 0 Å². The molecular formula is C17H13F2NO2S2. The van der Waals surface area contributed by atoms with Gasteiger partial charge in [-0.1, -0.05) is 12.1 Å². The minimum Gasteiger partial charge on any atom is -0.433 e. The van der Waals surface area contributed by atoms with Crippen LogP contribution in [0.1, 0.15) is 15.2 Å². The maximum absolute atomic E-state index is 12.4. The average Bonchev–Trinajstić information content (AvgIpc) is 3.16. The summed E-state index contributed by atoms with van der Waals surface area (Å²) in [6, 6.07) is 10.8. The van der Waals surface area contributed by atoms with Crippen LogP contribution in [0.4, 0.5) is 14.5 Å². The number of amides is 1. The number of ether oxygens (including phenoxy) is 1. The van der Waals surface area contributed by atoms with Crippen LogP contribution in [0.25, 0.3) is 10.4 Å². The van der Waals surface area contributed by atoms with Gasteiger partial charge in [-0.25, -0.2) is 0 Å². The van der Waals surface area contributed by atoms with Crippen LogP contribution in [0.3, 0.4) is 0 Å². The molecule has 3 aromatic rings. The molecule has 0 aliphatic rings. The Morgan fingerprint density at radius 3 is 2.67 bits per heavy atom. The molecule has 0 unspecified atom stereocenters. The molecule has 1 N–H and O–H groups in total. The predicted octanol–water partition coefficient (Wildman–Crippen LogP) is 5.64. The van der Waals surface area contributed by atoms with E-state index in [1.807, 2.05) is 36.6 Å². The van der Waals surface area contributed by atoms with Crippen LogP contribution in [0.15, 0.2) is 47.2 Å². The Kier molecular flexibility index (Phi) is 4.92. The molecule has 1 aromatic carbocycles. The third-order valence-corrected chi connectivity index (χ3v) is 5.26. The summed E-state index contributed by atoms with van der Waals surface area (Å²) in [6.45, 7) is -0.937. The molecule has 3 nitrogen and oxygen atoms in total. The van der Waals surface area contributed by atoms with Gasteiger partial charge in [-0.2, -0.15) is 8.78 Å². The quantitative estimate of drug-likeness (QED) is 0.635. The third-order valence-electron chi connectivity index (χ3n) is 3.30. The largest absolute Gasteiger partial charge is 0.433 e. The van der Waals surface area contributed by atoms with E-state index >= 15 is 0 Å². The predicted molar refractivity (Wildman–Crippen MR) is 93.4 cm³/mol. The number of halogens is 2.